The van der Waals surface area contributed by atoms with E-state index in [2.05, 4.69) is 12.2 Å². The Kier molecular flexibility index (Phi) is 7.34. The highest BCUT2D eigenvalue weighted by molar-refractivity contribution is 5.87. The molecule has 0 saturated heterocycles. The lowest BCUT2D eigenvalue weighted by molar-refractivity contribution is -0.142. The third-order valence-corrected chi connectivity index (χ3v) is 4.37. The fourth-order valence-electron chi connectivity index (χ4n) is 2.63. The van der Waals surface area contributed by atoms with Gasteiger partial charge in [-0.3, -0.25) is 9.59 Å². The van der Waals surface area contributed by atoms with E-state index in [1.165, 1.54) is 29.6 Å². The summed E-state index contributed by atoms with van der Waals surface area (Å²) in [6.45, 7) is 3.71. The predicted octanol–water partition coefficient (Wildman–Crippen LogP) is 2.93. The van der Waals surface area contributed by atoms with Crippen LogP contribution in [-0.2, 0) is 22.6 Å². The number of carbonyl (C=O) groups excluding carboxylic acids is 2. The minimum absolute atomic E-state index is 0.186. The second-order valence-corrected chi connectivity index (χ2v) is 6.22. The fraction of sp³-hybridized carbons (Fsp3) is 0.333. The second kappa shape index (κ2) is 9.71. The minimum Gasteiger partial charge on any atom is -0.484 e. The second-order valence-electron chi connectivity index (χ2n) is 6.22. The van der Waals surface area contributed by atoms with Gasteiger partial charge in [0.25, 0.3) is 5.91 Å². The summed E-state index contributed by atoms with van der Waals surface area (Å²) < 4.78 is 18.7. The van der Waals surface area contributed by atoms with E-state index in [1.807, 2.05) is 24.3 Å². The molecule has 1 N–H and O–H groups in total. The van der Waals surface area contributed by atoms with Crippen LogP contribution in [-0.4, -0.2) is 36.4 Å². The summed E-state index contributed by atoms with van der Waals surface area (Å²) in [5.74, 6) is -0.363. The van der Waals surface area contributed by atoms with Crippen molar-refractivity contribution in [3.8, 4) is 5.75 Å². The van der Waals surface area contributed by atoms with Crippen LogP contribution in [0.25, 0.3) is 0 Å². The number of nitrogens with zero attached hydrogens (tertiary/aromatic N) is 1. The van der Waals surface area contributed by atoms with Gasteiger partial charge in [-0.1, -0.05) is 31.2 Å². The SMILES string of the molecule is CCc1ccc(OCC(=O)N(Cc2ccc(F)cc2)[C@@H](C)C(=O)NC)cc1. The highest BCUT2D eigenvalue weighted by Gasteiger charge is 2.25. The molecule has 0 aliphatic carbocycles. The van der Waals surface area contributed by atoms with Gasteiger partial charge in [0, 0.05) is 13.6 Å². The minimum atomic E-state index is -0.682. The third kappa shape index (κ3) is 5.81. The monoisotopic (exact) mass is 372 g/mol. The van der Waals surface area contributed by atoms with Crippen molar-refractivity contribution < 1.29 is 18.7 Å². The van der Waals surface area contributed by atoms with Crippen molar-refractivity contribution in [1.29, 1.82) is 0 Å². The van der Waals surface area contributed by atoms with Gasteiger partial charge in [0.05, 0.1) is 0 Å². The molecule has 0 bridgehead atoms. The van der Waals surface area contributed by atoms with Crippen molar-refractivity contribution in [2.75, 3.05) is 13.7 Å². The lowest BCUT2D eigenvalue weighted by Gasteiger charge is -2.28. The van der Waals surface area contributed by atoms with Crippen molar-refractivity contribution in [3.63, 3.8) is 0 Å². The van der Waals surface area contributed by atoms with Crippen molar-refractivity contribution in [2.24, 2.45) is 0 Å². The average molecular weight is 372 g/mol. The topological polar surface area (TPSA) is 58.6 Å². The number of halogens is 1. The van der Waals surface area contributed by atoms with Crippen LogP contribution in [0.2, 0.25) is 0 Å². The zero-order valence-electron chi connectivity index (χ0n) is 15.9. The first-order chi connectivity index (χ1) is 12.9. The van der Waals surface area contributed by atoms with Gasteiger partial charge in [-0.05, 0) is 48.7 Å². The van der Waals surface area contributed by atoms with Crippen LogP contribution in [0.15, 0.2) is 48.5 Å². The molecule has 144 valence electrons. The number of likely N-dealkylation sites (N-methyl/N-ethyl adjacent to an activating group) is 1. The first-order valence-corrected chi connectivity index (χ1v) is 8.91. The Balaban J connectivity index is 2.09. The zero-order valence-corrected chi connectivity index (χ0v) is 15.9. The average Bonchev–Trinajstić information content (AvgIpc) is 2.70. The molecule has 0 fully saturated rings. The molecule has 2 amide bonds. The number of ether oxygens (including phenoxy) is 1. The Morgan fingerprint density at radius 2 is 1.67 bits per heavy atom. The molecule has 0 aromatic heterocycles. The van der Waals surface area contributed by atoms with Crippen LogP contribution in [0.5, 0.6) is 5.75 Å². The van der Waals surface area contributed by atoms with E-state index in [0.717, 1.165) is 12.0 Å². The molecule has 0 aliphatic heterocycles. The smallest absolute Gasteiger partial charge is 0.261 e. The molecule has 2 aromatic carbocycles. The number of aryl methyl sites for hydroxylation is 1. The highest BCUT2D eigenvalue weighted by Crippen LogP contribution is 2.14. The van der Waals surface area contributed by atoms with Gasteiger partial charge in [0.2, 0.25) is 5.91 Å². The summed E-state index contributed by atoms with van der Waals surface area (Å²) >= 11 is 0. The molecule has 0 aliphatic rings. The van der Waals surface area contributed by atoms with Crippen molar-refractivity contribution >= 4 is 11.8 Å². The van der Waals surface area contributed by atoms with Gasteiger partial charge < -0.3 is 15.0 Å². The molecular formula is C21H25FN2O3. The Bertz CT molecular complexity index is 760. The lowest BCUT2D eigenvalue weighted by Crippen LogP contribution is -2.48. The number of nitrogens with one attached hydrogen (secondary N) is 1. The van der Waals surface area contributed by atoms with Crippen LogP contribution >= 0.6 is 0 Å². The third-order valence-electron chi connectivity index (χ3n) is 4.37. The van der Waals surface area contributed by atoms with Crippen LogP contribution < -0.4 is 10.1 Å². The number of amides is 2. The molecule has 0 spiro atoms. The van der Waals surface area contributed by atoms with E-state index >= 15 is 0 Å². The standard InChI is InChI=1S/C21H25FN2O3/c1-4-16-7-11-19(12-8-16)27-14-20(25)24(15(2)21(26)23-3)13-17-5-9-18(22)10-6-17/h5-12,15H,4,13-14H2,1-3H3,(H,23,26)/t15-/m0/s1. The van der Waals surface area contributed by atoms with Gasteiger partial charge in [-0.15, -0.1) is 0 Å². The molecule has 6 heteroatoms. The van der Waals surface area contributed by atoms with Crippen molar-refractivity contribution in [1.82, 2.24) is 10.2 Å². The zero-order chi connectivity index (χ0) is 19.8. The Morgan fingerprint density at radius 3 is 2.22 bits per heavy atom. The maximum Gasteiger partial charge on any atom is 0.261 e. The lowest BCUT2D eigenvalue weighted by atomic mass is 10.1. The molecule has 0 heterocycles. The van der Waals surface area contributed by atoms with Gasteiger partial charge in [0.15, 0.2) is 6.61 Å². The summed E-state index contributed by atoms with van der Waals surface area (Å²) in [5, 5.41) is 2.55. The molecule has 2 rings (SSSR count). The van der Waals surface area contributed by atoms with E-state index in [9.17, 15) is 14.0 Å². The van der Waals surface area contributed by atoms with Crippen molar-refractivity contribution in [2.45, 2.75) is 32.9 Å². The largest absolute Gasteiger partial charge is 0.484 e. The number of hydrogen-bond donors (Lipinski definition) is 1. The fourth-order valence-corrected chi connectivity index (χ4v) is 2.63. The summed E-state index contributed by atoms with van der Waals surface area (Å²) in [4.78, 5) is 26.2. The Morgan fingerprint density at radius 1 is 1.07 bits per heavy atom. The maximum absolute atomic E-state index is 13.1. The van der Waals surface area contributed by atoms with Crippen LogP contribution in [0, 0.1) is 5.82 Å². The molecule has 27 heavy (non-hydrogen) atoms. The molecule has 0 unspecified atom stereocenters. The first-order valence-electron chi connectivity index (χ1n) is 8.91. The van der Waals surface area contributed by atoms with Crippen LogP contribution in [0.3, 0.4) is 0 Å². The van der Waals surface area contributed by atoms with Crippen LogP contribution in [0.1, 0.15) is 25.0 Å². The molecule has 5 nitrogen and oxygen atoms in total. The molecule has 0 radical (unpaired) electrons. The number of carbonyl (C=O) groups is 2. The van der Waals surface area contributed by atoms with Crippen LogP contribution in [0.4, 0.5) is 4.39 Å². The van der Waals surface area contributed by atoms with Gasteiger partial charge in [-0.2, -0.15) is 0 Å². The number of benzene rings is 2. The highest BCUT2D eigenvalue weighted by atomic mass is 19.1. The van der Waals surface area contributed by atoms with E-state index < -0.39 is 6.04 Å². The van der Waals surface area contributed by atoms with E-state index in [-0.39, 0.29) is 30.8 Å². The quantitative estimate of drug-likeness (QED) is 0.775. The number of hydrogen-bond acceptors (Lipinski definition) is 3. The normalized spacial score (nSPS) is 11.6. The Labute approximate surface area is 159 Å². The molecule has 0 saturated carbocycles. The van der Waals surface area contributed by atoms with E-state index in [0.29, 0.717) is 5.75 Å². The Hall–Kier alpha value is -2.89. The number of rotatable bonds is 8. The van der Waals surface area contributed by atoms with Gasteiger partial charge in [-0.25, -0.2) is 4.39 Å². The van der Waals surface area contributed by atoms with E-state index in [1.54, 1.807) is 19.1 Å². The first kappa shape index (κ1) is 20.4. The van der Waals surface area contributed by atoms with E-state index in [4.69, 9.17) is 4.74 Å². The predicted molar refractivity (Wildman–Crippen MR) is 102 cm³/mol. The molecule has 2 aromatic rings. The summed E-state index contributed by atoms with van der Waals surface area (Å²) in [5.41, 5.74) is 1.91. The van der Waals surface area contributed by atoms with Gasteiger partial charge in [0.1, 0.15) is 17.6 Å². The molecular weight excluding hydrogens is 347 g/mol. The van der Waals surface area contributed by atoms with Crippen molar-refractivity contribution in [3.05, 3.63) is 65.5 Å². The maximum atomic E-state index is 13.1. The summed E-state index contributed by atoms with van der Waals surface area (Å²) in [6, 6.07) is 12.7. The summed E-state index contributed by atoms with van der Waals surface area (Å²) in [6.07, 6.45) is 0.925. The van der Waals surface area contributed by atoms with Gasteiger partial charge >= 0.3 is 0 Å². The molecule has 1 atom stereocenters. The summed E-state index contributed by atoms with van der Waals surface area (Å²) in [7, 11) is 1.52.